The van der Waals surface area contributed by atoms with E-state index in [0.29, 0.717) is 29.3 Å². The number of hydrogen-bond acceptors (Lipinski definition) is 5. The summed E-state index contributed by atoms with van der Waals surface area (Å²) in [5.41, 5.74) is 5.34. The van der Waals surface area contributed by atoms with E-state index >= 15 is 0 Å². The van der Waals surface area contributed by atoms with Crippen LogP contribution in [0.5, 0.6) is 0 Å². The first-order valence-electron chi connectivity index (χ1n) is 11.1. The fraction of sp³-hybridized carbons (Fsp3) is 0.111. The molecule has 0 unspecified atom stereocenters. The average molecular weight is 451 g/mol. The van der Waals surface area contributed by atoms with Crippen LogP contribution in [0.1, 0.15) is 23.6 Å². The number of aliphatic imine (C=N–C) groups is 1. The van der Waals surface area contributed by atoms with Crippen LogP contribution in [0.4, 0.5) is 21.7 Å². The molecule has 0 atom stereocenters. The Morgan fingerprint density at radius 1 is 0.971 bits per heavy atom. The molecule has 1 N–H and O–H groups in total. The highest BCUT2D eigenvalue weighted by Gasteiger charge is 2.16. The van der Waals surface area contributed by atoms with Crippen LogP contribution in [0, 0.1) is 5.95 Å². The van der Waals surface area contributed by atoms with Gasteiger partial charge in [-0.2, -0.15) is 4.39 Å². The van der Waals surface area contributed by atoms with Crippen LogP contribution in [0.15, 0.2) is 90.3 Å². The molecule has 0 spiro atoms. The van der Waals surface area contributed by atoms with Crippen molar-refractivity contribution in [2.45, 2.75) is 13.3 Å². The number of aryl methyl sites for hydroxylation is 2. The van der Waals surface area contributed by atoms with Crippen molar-refractivity contribution in [1.82, 2.24) is 19.5 Å². The molecule has 2 aromatic carbocycles. The van der Waals surface area contributed by atoms with Gasteiger partial charge in [-0.1, -0.05) is 67.6 Å². The molecule has 5 aromatic rings. The highest BCUT2D eigenvalue weighted by molar-refractivity contribution is 6.14. The van der Waals surface area contributed by atoms with E-state index in [0.717, 1.165) is 27.9 Å². The highest BCUT2D eigenvalue weighted by atomic mass is 19.1. The zero-order valence-corrected chi connectivity index (χ0v) is 18.9. The van der Waals surface area contributed by atoms with Crippen LogP contribution in [-0.4, -0.2) is 25.2 Å². The number of hydrogen-bond donors (Lipinski definition) is 1. The molecule has 168 valence electrons. The smallest absolute Gasteiger partial charge is 0.236 e. The first-order chi connectivity index (χ1) is 16.6. The number of pyridine rings is 2. The number of aromatic nitrogens is 4. The number of rotatable bonds is 6. The third kappa shape index (κ3) is 4.15. The van der Waals surface area contributed by atoms with Gasteiger partial charge in [-0.15, -0.1) is 0 Å². The maximum atomic E-state index is 14.6. The van der Waals surface area contributed by atoms with Crippen LogP contribution in [0.3, 0.4) is 0 Å². The van der Waals surface area contributed by atoms with E-state index in [1.54, 1.807) is 12.4 Å². The molecule has 0 radical (unpaired) electrons. The van der Waals surface area contributed by atoms with Crippen molar-refractivity contribution < 1.29 is 4.39 Å². The Balaban J connectivity index is 1.70. The molecule has 6 nitrogen and oxygen atoms in total. The summed E-state index contributed by atoms with van der Waals surface area (Å²) in [6.07, 6.45) is 3.85. The second-order valence-electron chi connectivity index (χ2n) is 7.86. The summed E-state index contributed by atoms with van der Waals surface area (Å²) in [6, 6.07) is 23.6. The number of benzene rings is 2. The molecule has 0 aliphatic carbocycles. The Kier molecular flexibility index (Phi) is 5.82. The van der Waals surface area contributed by atoms with E-state index in [9.17, 15) is 4.39 Å². The Morgan fingerprint density at radius 3 is 2.29 bits per heavy atom. The third-order valence-electron chi connectivity index (χ3n) is 5.63. The third-order valence-corrected chi connectivity index (χ3v) is 5.63. The minimum atomic E-state index is -0.564. The first-order valence-corrected chi connectivity index (χ1v) is 11.1. The van der Waals surface area contributed by atoms with Gasteiger partial charge in [0.05, 0.1) is 23.2 Å². The summed E-state index contributed by atoms with van der Waals surface area (Å²) in [6.45, 7) is 1.97. The number of anilines is 2. The molecule has 5 rings (SSSR count). The summed E-state index contributed by atoms with van der Waals surface area (Å²) >= 11 is 0. The van der Waals surface area contributed by atoms with Gasteiger partial charge in [0.25, 0.3) is 0 Å². The molecule has 7 heteroatoms. The molecule has 0 saturated carbocycles. The lowest BCUT2D eigenvalue weighted by Gasteiger charge is -2.12. The first kappa shape index (κ1) is 21.5. The van der Waals surface area contributed by atoms with Gasteiger partial charge in [0, 0.05) is 30.4 Å². The van der Waals surface area contributed by atoms with Gasteiger partial charge in [-0.05, 0) is 18.1 Å². The summed E-state index contributed by atoms with van der Waals surface area (Å²) < 4.78 is 16.5. The van der Waals surface area contributed by atoms with Crippen LogP contribution >= 0.6 is 0 Å². The monoisotopic (exact) mass is 450 g/mol. The fourth-order valence-electron chi connectivity index (χ4n) is 3.87. The molecular weight excluding hydrogens is 427 g/mol. The lowest BCUT2D eigenvalue weighted by molar-refractivity contribution is 0.586. The number of nitrogens with zero attached hydrogens (tertiary/aromatic N) is 5. The molecule has 0 saturated heterocycles. The fourth-order valence-corrected chi connectivity index (χ4v) is 3.87. The maximum Gasteiger partial charge on any atom is 0.236 e. The van der Waals surface area contributed by atoms with Crippen LogP contribution in [0.25, 0.3) is 11.0 Å². The van der Waals surface area contributed by atoms with Gasteiger partial charge in [-0.25, -0.2) is 19.9 Å². The molecule has 0 amide bonds. The number of imidazole rings is 1. The SMILES string of the molecule is CCc1ccnc(F)c1Nc1cc2c(ncn2C)c(N=C(c2ccccc2)c2ccccc2)n1. The normalized spacial score (nSPS) is 10.9. The van der Waals surface area contributed by atoms with Gasteiger partial charge < -0.3 is 9.88 Å². The van der Waals surface area contributed by atoms with E-state index in [4.69, 9.17) is 9.98 Å². The summed E-state index contributed by atoms with van der Waals surface area (Å²) in [4.78, 5) is 18.1. The minimum absolute atomic E-state index is 0.320. The predicted octanol–water partition coefficient (Wildman–Crippen LogP) is 5.98. The number of fused-ring (bicyclic) bond motifs is 1. The Bertz CT molecular complexity index is 1430. The summed E-state index contributed by atoms with van der Waals surface area (Å²) in [5, 5.41) is 3.14. The van der Waals surface area contributed by atoms with Gasteiger partial charge in [0.1, 0.15) is 11.3 Å². The van der Waals surface area contributed by atoms with E-state index in [-0.39, 0.29) is 0 Å². The zero-order valence-electron chi connectivity index (χ0n) is 18.9. The Labute approximate surface area is 196 Å². The standard InChI is InChI=1S/C27H23FN6/c1-3-18-14-15-29-26(28)24(18)31-22-16-21-25(30-17-34(21)2)27(32-22)33-23(19-10-6-4-7-11-19)20-12-8-5-9-13-20/h4-17H,3H2,1-2H3,(H,31,32). The van der Waals surface area contributed by atoms with Gasteiger partial charge in [0.2, 0.25) is 5.95 Å². The second-order valence-corrected chi connectivity index (χ2v) is 7.86. The Hall–Kier alpha value is -4.39. The van der Waals surface area contributed by atoms with Crippen LogP contribution in [0.2, 0.25) is 0 Å². The maximum absolute atomic E-state index is 14.6. The van der Waals surface area contributed by atoms with Crippen LogP contribution in [-0.2, 0) is 13.5 Å². The lowest BCUT2D eigenvalue weighted by Crippen LogP contribution is -2.05. The van der Waals surface area contributed by atoms with Crippen molar-refractivity contribution in [1.29, 1.82) is 0 Å². The molecular formula is C27H23FN6. The molecule has 0 fully saturated rings. The van der Waals surface area contributed by atoms with Crippen molar-refractivity contribution in [3.8, 4) is 0 Å². The quantitative estimate of drug-likeness (QED) is 0.255. The number of nitrogens with one attached hydrogen (secondary N) is 1. The molecule has 0 bridgehead atoms. The van der Waals surface area contributed by atoms with Crippen molar-refractivity contribution in [2.24, 2.45) is 12.0 Å². The van der Waals surface area contributed by atoms with Gasteiger partial charge >= 0.3 is 0 Å². The van der Waals surface area contributed by atoms with Gasteiger partial charge in [-0.3, -0.25) is 0 Å². The van der Waals surface area contributed by atoms with Crippen molar-refractivity contribution >= 4 is 34.1 Å². The summed E-state index contributed by atoms with van der Waals surface area (Å²) in [5.74, 6) is 0.355. The molecule has 3 aromatic heterocycles. The van der Waals surface area contributed by atoms with E-state index < -0.39 is 5.95 Å². The van der Waals surface area contributed by atoms with Gasteiger partial charge in [0.15, 0.2) is 5.82 Å². The molecule has 0 aliphatic heterocycles. The van der Waals surface area contributed by atoms with E-state index in [2.05, 4.69) is 15.3 Å². The molecule has 3 heterocycles. The van der Waals surface area contributed by atoms with Crippen LogP contribution < -0.4 is 5.32 Å². The molecule has 0 aliphatic rings. The summed E-state index contributed by atoms with van der Waals surface area (Å²) in [7, 11) is 1.91. The van der Waals surface area contributed by atoms with E-state index in [1.807, 2.05) is 85.3 Å². The molecule has 34 heavy (non-hydrogen) atoms. The minimum Gasteiger partial charge on any atom is -0.336 e. The largest absolute Gasteiger partial charge is 0.336 e. The Morgan fingerprint density at radius 2 is 1.65 bits per heavy atom. The zero-order chi connectivity index (χ0) is 23.5. The number of halogens is 1. The van der Waals surface area contributed by atoms with E-state index in [1.165, 1.54) is 6.20 Å². The average Bonchev–Trinajstić information content (AvgIpc) is 3.25. The lowest BCUT2D eigenvalue weighted by atomic mass is 10.0. The topological polar surface area (TPSA) is 68.0 Å². The van der Waals surface area contributed by atoms with Crippen molar-refractivity contribution in [3.63, 3.8) is 0 Å². The van der Waals surface area contributed by atoms with Crippen molar-refractivity contribution in [2.75, 3.05) is 5.32 Å². The highest BCUT2D eigenvalue weighted by Crippen LogP contribution is 2.30. The predicted molar refractivity (Wildman–Crippen MR) is 134 cm³/mol. The van der Waals surface area contributed by atoms with Crippen molar-refractivity contribution in [3.05, 3.63) is 108 Å². The second kappa shape index (κ2) is 9.23.